The van der Waals surface area contributed by atoms with Crippen LogP contribution in [-0.2, 0) is 54.4 Å². The molecule has 1 heterocycles. The number of rotatable bonds is 37. The molecule has 1 aromatic carbocycles. The molecular formula is C62H104N8O12S. The van der Waals surface area contributed by atoms with E-state index in [-0.39, 0.29) is 81.9 Å². The Hall–Kier alpha value is -5.38. The number of carbonyl (C=O) groups is 10. The van der Waals surface area contributed by atoms with Gasteiger partial charge in [0.2, 0.25) is 23.6 Å². The van der Waals surface area contributed by atoms with Crippen LogP contribution in [0.2, 0.25) is 0 Å². The Morgan fingerprint density at radius 3 is 1.92 bits per heavy atom. The van der Waals surface area contributed by atoms with Crippen molar-refractivity contribution < 1.29 is 59.6 Å². The number of benzene rings is 1. The van der Waals surface area contributed by atoms with Crippen LogP contribution in [0.3, 0.4) is 0 Å². The average Bonchev–Trinajstić information content (AvgIpc) is 3.51. The molecule has 9 atom stereocenters. The van der Waals surface area contributed by atoms with E-state index in [1.54, 1.807) is 30.3 Å². The van der Waals surface area contributed by atoms with Gasteiger partial charge >= 0.3 is 0 Å². The summed E-state index contributed by atoms with van der Waals surface area (Å²) < 4.78 is 0. The van der Waals surface area contributed by atoms with Gasteiger partial charge in [0.15, 0.2) is 11.7 Å². The van der Waals surface area contributed by atoms with Crippen molar-refractivity contribution in [3.8, 4) is 0 Å². The summed E-state index contributed by atoms with van der Waals surface area (Å²) in [5.41, 5.74) is 18.0. The molecule has 1 saturated heterocycles. The molecular weight excluding hydrogens is 1080 g/mol. The Bertz CT molecular complexity index is 2200. The Morgan fingerprint density at radius 2 is 1.34 bits per heavy atom. The highest BCUT2D eigenvalue weighted by Gasteiger charge is 2.35. The van der Waals surface area contributed by atoms with Gasteiger partial charge in [0.25, 0.3) is 0 Å². The summed E-state index contributed by atoms with van der Waals surface area (Å²) in [5, 5.41) is 31.8. The number of aliphatic hydroxyl groups is 2. The quantitative estimate of drug-likeness (QED) is 0.0210. The minimum Gasteiger partial charge on any atom is -0.393 e. The second-order valence-electron chi connectivity index (χ2n) is 22.8. The lowest BCUT2D eigenvalue weighted by atomic mass is 9.82. The van der Waals surface area contributed by atoms with Crippen LogP contribution in [0.5, 0.6) is 0 Å². The van der Waals surface area contributed by atoms with Gasteiger partial charge in [0, 0.05) is 76.9 Å². The molecule has 0 saturated carbocycles. The van der Waals surface area contributed by atoms with E-state index < -0.39 is 120 Å². The van der Waals surface area contributed by atoms with Gasteiger partial charge in [-0.3, -0.25) is 52.9 Å². The Labute approximate surface area is 499 Å². The fourth-order valence-corrected chi connectivity index (χ4v) is 11.2. The van der Waals surface area contributed by atoms with E-state index in [4.69, 9.17) is 17.2 Å². The average molecular weight is 1190 g/mol. The number of Topliss-reactive ketones (excluding diaryl/α,β-unsaturated/α-hetero) is 6. The summed E-state index contributed by atoms with van der Waals surface area (Å²) >= 11 is 1.14. The van der Waals surface area contributed by atoms with Crippen LogP contribution in [-0.4, -0.2) is 135 Å². The van der Waals surface area contributed by atoms with Crippen LogP contribution in [0.1, 0.15) is 208 Å². The molecule has 1 aromatic rings. The number of carbonyl (C=O) groups excluding carboxylic acids is 10. The molecule has 4 amide bonds. The minimum atomic E-state index is -1.34. The maximum atomic E-state index is 14.4. The number of amides is 4. The maximum Gasteiger partial charge on any atom is 0.244 e. The number of aliphatic hydroxyl groups excluding tert-OH is 2. The monoisotopic (exact) mass is 1190 g/mol. The number of aliphatic imine (C=N–C) groups is 1. The molecule has 12 N–H and O–H groups in total. The number of unbranched alkanes of at least 4 members (excludes halogenated alkanes) is 14. The van der Waals surface area contributed by atoms with E-state index in [9.17, 15) is 58.2 Å². The molecule has 20 nitrogen and oxygen atoms in total. The first-order chi connectivity index (χ1) is 39.6. The number of thioether (sulfide) groups is 1. The number of nitrogens with zero attached hydrogens (tertiary/aromatic N) is 1. The van der Waals surface area contributed by atoms with E-state index in [2.05, 4.69) is 33.2 Å². The SMILES string of the molecule is CCCCCCCCCCCCCCCC(=O)CCCCC[C@H](N)C(=O)CCC(=O)N[C@H]1CSCC[C@@H](C(=O)C[C@H](C(C)=O)[C@@H](C)O)CC(=O)[C@H]([C@@H](C)O)CC(=O)CNC(=O)[C@H](Cc2ccccc2)NC(=O)[C@H](CCCN=C(N)N)NC1=O.[3HH]. The lowest BCUT2D eigenvalue weighted by Gasteiger charge is -2.26. The molecule has 1 aliphatic heterocycles. The second-order valence-corrected chi connectivity index (χ2v) is 23.9. The third-order valence-electron chi connectivity index (χ3n) is 15.4. The minimum absolute atomic E-state index is 0. The summed E-state index contributed by atoms with van der Waals surface area (Å²) in [5.74, 6) is -8.88. The Kier molecular flexibility index (Phi) is 38.4. The number of ketones is 6. The van der Waals surface area contributed by atoms with Crippen molar-refractivity contribution in [3.05, 3.63) is 35.9 Å². The number of nitrogens with two attached hydrogens (primary N) is 3. The molecule has 0 aliphatic carbocycles. The van der Waals surface area contributed by atoms with Crippen LogP contribution in [0.4, 0.5) is 0 Å². The number of hydrogen-bond donors (Lipinski definition) is 9. The fraction of sp³-hybridized carbons (Fsp3) is 0.726. The smallest absolute Gasteiger partial charge is 0.244 e. The molecule has 0 spiro atoms. The summed E-state index contributed by atoms with van der Waals surface area (Å²) in [6.45, 7) is 5.68. The first-order valence-electron chi connectivity index (χ1n) is 30.7. The molecule has 0 bridgehead atoms. The standard InChI is InChI=1S/C62H102N8O12S.H2/c1-5-6-7-8-9-10-11-12-13-14-15-16-21-27-47(74)28-22-18-23-29-51(63)55(76)31-32-58(79)68-54-41-83-35-33-46(56(77)39-49(42(2)71)43(3)72)37-57(78)50(44(4)73)38-48(75)40-67-59(80)53(36-45-25-19-17-20-26-45)70-60(81)52(69-61(54)82)30-24-34-66-62(64)65;/h17,19-20,25-26,42,44,46,49-54,71,73H,5-16,18,21-24,27-41,63H2,1-4H3,(H,67,80)(H,68,79)(H,69,82)(H,70,81)(H4,64,65,66);1H/t42-,44-,46-,49+,50+,51+,52+,53+,54+;/m1./s1/i;1+2. The van der Waals surface area contributed by atoms with Crippen LogP contribution in [0.15, 0.2) is 35.3 Å². The predicted molar refractivity (Wildman–Crippen MR) is 327 cm³/mol. The number of guanidine groups is 1. The zero-order chi connectivity index (χ0) is 61.5. The first-order valence-corrected chi connectivity index (χ1v) is 31.9. The van der Waals surface area contributed by atoms with E-state index in [0.717, 1.165) is 37.4 Å². The van der Waals surface area contributed by atoms with Gasteiger partial charge in [0.05, 0.1) is 30.7 Å². The highest BCUT2D eigenvalue weighted by atomic mass is 32.2. The number of nitrogens with one attached hydrogen (secondary N) is 4. The highest BCUT2D eigenvalue weighted by Crippen LogP contribution is 2.26. The Balaban J connectivity index is 0.0000353. The van der Waals surface area contributed by atoms with Crippen molar-refractivity contribution in [2.24, 2.45) is 39.9 Å². The Morgan fingerprint density at radius 1 is 0.747 bits per heavy atom. The van der Waals surface area contributed by atoms with Gasteiger partial charge in [-0.1, -0.05) is 127 Å². The second kappa shape index (κ2) is 43.3. The van der Waals surface area contributed by atoms with E-state index in [1.165, 1.54) is 85.0 Å². The van der Waals surface area contributed by atoms with Crippen molar-refractivity contribution in [1.82, 2.24) is 21.3 Å². The van der Waals surface area contributed by atoms with E-state index >= 15 is 0 Å². The third-order valence-corrected chi connectivity index (χ3v) is 16.5. The molecule has 0 unspecified atom stereocenters. The summed E-state index contributed by atoms with van der Waals surface area (Å²) in [6, 6.07) is 3.94. The highest BCUT2D eigenvalue weighted by molar-refractivity contribution is 7.99. The maximum absolute atomic E-state index is 14.4. The molecule has 0 radical (unpaired) electrons. The van der Waals surface area contributed by atoms with Crippen molar-refractivity contribution in [2.75, 3.05) is 24.6 Å². The van der Waals surface area contributed by atoms with Gasteiger partial charge < -0.3 is 48.7 Å². The molecule has 21 heteroatoms. The zero-order valence-electron chi connectivity index (χ0n) is 50.3. The molecule has 1 fully saturated rings. The van der Waals surface area contributed by atoms with Gasteiger partial charge in [-0.2, -0.15) is 11.8 Å². The summed E-state index contributed by atoms with van der Waals surface area (Å²) in [4.78, 5) is 140. The van der Waals surface area contributed by atoms with Crippen molar-refractivity contribution in [1.29, 1.82) is 0 Å². The summed E-state index contributed by atoms with van der Waals surface area (Å²) in [6.07, 6.45) is 15.5. The first kappa shape index (κ1) is 73.7. The van der Waals surface area contributed by atoms with Gasteiger partial charge in [-0.15, -0.1) is 0 Å². The van der Waals surface area contributed by atoms with Crippen molar-refractivity contribution in [3.63, 3.8) is 0 Å². The normalized spacial score (nSPS) is 20.4. The van der Waals surface area contributed by atoms with Crippen molar-refractivity contribution >= 4 is 76.0 Å². The van der Waals surface area contributed by atoms with Crippen LogP contribution >= 0.6 is 11.8 Å². The van der Waals surface area contributed by atoms with E-state index in [0.29, 0.717) is 37.7 Å². The zero-order valence-corrected chi connectivity index (χ0v) is 51.1. The third kappa shape index (κ3) is 33.0. The van der Waals surface area contributed by atoms with Gasteiger partial charge in [0.1, 0.15) is 47.0 Å². The predicted octanol–water partition coefficient (Wildman–Crippen LogP) is 5.99. The lowest BCUT2D eigenvalue weighted by Crippen LogP contribution is -2.57. The summed E-state index contributed by atoms with van der Waals surface area (Å²) in [7, 11) is 0. The van der Waals surface area contributed by atoms with Gasteiger partial charge in [-0.05, 0) is 70.6 Å². The topological polar surface area (TPSA) is 350 Å². The molecule has 0 aromatic heterocycles. The molecule has 83 heavy (non-hydrogen) atoms. The largest absolute Gasteiger partial charge is 0.393 e. The van der Waals surface area contributed by atoms with Gasteiger partial charge in [-0.25, -0.2) is 0 Å². The van der Waals surface area contributed by atoms with Crippen molar-refractivity contribution in [2.45, 2.75) is 244 Å². The van der Waals surface area contributed by atoms with Crippen LogP contribution < -0.4 is 38.5 Å². The molecule has 2 rings (SSSR count). The molecule has 1 aliphatic rings. The van der Waals surface area contributed by atoms with E-state index in [1.807, 2.05) is 0 Å². The van der Waals surface area contributed by atoms with Crippen LogP contribution in [0.25, 0.3) is 0 Å². The van der Waals surface area contributed by atoms with Crippen LogP contribution in [0, 0.1) is 17.8 Å². The molecule has 470 valence electrons. The fourth-order valence-electron chi connectivity index (χ4n) is 10.2. The lowest BCUT2D eigenvalue weighted by molar-refractivity contribution is -0.136. The number of hydrogen-bond acceptors (Lipinski definition) is 15.